The van der Waals surface area contributed by atoms with Crippen LogP contribution in [0.25, 0.3) is 71.6 Å². The summed E-state index contributed by atoms with van der Waals surface area (Å²) in [6.45, 7) is 21.6. The van der Waals surface area contributed by atoms with Crippen molar-refractivity contribution >= 4 is 55.6 Å². The van der Waals surface area contributed by atoms with Crippen molar-refractivity contribution in [2.45, 2.75) is 110 Å². The van der Waals surface area contributed by atoms with Crippen LogP contribution in [0.1, 0.15) is 131 Å². The van der Waals surface area contributed by atoms with Crippen LogP contribution in [-0.4, -0.2) is 0 Å². The molecular weight excluding hydrogens is 1070 g/mol. The molecule has 434 valence electrons. The van der Waals surface area contributed by atoms with Crippen molar-refractivity contribution in [1.29, 1.82) is 0 Å². The number of allylic oxidation sites excluding steroid dienone is 7. The third-order valence-electron chi connectivity index (χ3n) is 21.3. The summed E-state index contributed by atoms with van der Waals surface area (Å²) < 4.78 is 0. The lowest BCUT2D eigenvalue weighted by atomic mass is 9.78. The van der Waals surface area contributed by atoms with Gasteiger partial charge in [0.25, 0.3) is 0 Å². The van der Waals surface area contributed by atoms with Crippen LogP contribution in [-0.2, 0) is 16.2 Å². The van der Waals surface area contributed by atoms with Gasteiger partial charge in [0.2, 0.25) is 0 Å². The predicted octanol–water partition coefficient (Wildman–Crippen LogP) is 24.0. The fourth-order valence-electron chi connectivity index (χ4n) is 16.7. The molecule has 5 aliphatic carbocycles. The van der Waals surface area contributed by atoms with Gasteiger partial charge in [-0.3, -0.25) is 0 Å². The third kappa shape index (κ3) is 8.50. The lowest BCUT2D eigenvalue weighted by Crippen LogP contribution is -2.24. The second-order valence-corrected chi connectivity index (χ2v) is 27.7. The van der Waals surface area contributed by atoms with E-state index in [1.807, 2.05) is 0 Å². The number of nitrogens with zero attached hydrogens (tertiary/aromatic N) is 2. The number of aryl methyl sites for hydroxylation is 1. The summed E-state index contributed by atoms with van der Waals surface area (Å²) in [7, 11) is 0. The molecule has 16 rings (SSSR count). The first-order valence-electron chi connectivity index (χ1n) is 32.4. The van der Waals surface area contributed by atoms with Crippen LogP contribution in [0, 0.1) is 6.92 Å². The fourth-order valence-corrected chi connectivity index (χ4v) is 16.7. The Morgan fingerprint density at radius 3 is 1.65 bits per heavy atom. The van der Waals surface area contributed by atoms with Gasteiger partial charge in [0.05, 0.1) is 11.4 Å². The molecule has 5 aliphatic rings. The summed E-state index contributed by atoms with van der Waals surface area (Å²) in [5.41, 5.74) is 31.7. The Hall–Kier alpha value is -9.50. The van der Waals surface area contributed by atoms with Gasteiger partial charge in [0.1, 0.15) is 0 Å². The van der Waals surface area contributed by atoms with Crippen LogP contribution in [0.15, 0.2) is 266 Å². The summed E-state index contributed by atoms with van der Waals surface area (Å²) in [6, 6.07) is 86.2. The largest absolute Gasteiger partial charge is 0.310 e. The summed E-state index contributed by atoms with van der Waals surface area (Å²) in [5.74, 6) is 0.613. The van der Waals surface area contributed by atoms with Gasteiger partial charge in [-0.05, 0) is 181 Å². The van der Waals surface area contributed by atoms with Crippen molar-refractivity contribution in [3.63, 3.8) is 0 Å². The first-order valence-corrected chi connectivity index (χ1v) is 32.4. The molecule has 11 aromatic rings. The minimum absolute atomic E-state index is 0.135. The maximum atomic E-state index is 2.70. The highest BCUT2D eigenvalue weighted by Crippen LogP contribution is 2.59. The van der Waals surface area contributed by atoms with E-state index in [2.05, 4.69) is 321 Å². The molecular formula is C87H76N2. The van der Waals surface area contributed by atoms with Gasteiger partial charge in [0, 0.05) is 66.5 Å². The van der Waals surface area contributed by atoms with Crippen molar-refractivity contribution in [3.05, 3.63) is 310 Å². The molecule has 1 atom stereocenters. The number of fused-ring (bicyclic) bond motifs is 10. The first-order chi connectivity index (χ1) is 43.2. The van der Waals surface area contributed by atoms with Gasteiger partial charge in [-0.15, -0.1) is 0 Å². The van der Waals surface area contributed by atoms with Gasteiger partial charge >= 0.3 is 0 Å². The van der Waals surface area contributed by atoms with E-state index in [9.17, 15) is 0 Å². The number of anilines is 5. The SMILES string of the molecule is Cc1ccccc1-c1cc(N(c2ccc3c(c2)C(C)(C)c2ccccc2-3)c2c3ccc(-c4ccccc4)cc3c(N(C3=CCC4C(=C3)C(C)(C)c3ccccc34)c3ccc4c(c3)C(C)(C)C3=C4C=CCC3)c3ccc(-c4ccccc4)cc23)ccc1C(C)C. The zero-order valence-corrected chi connectivity index (χ0v) is 52.8. The van der Waals surface area contributed by atoms with E-state index in [4.69, 9.17) is 0 Å². The van der Waals surface area contributed by atoms with Crippen molar-refractivity contribution in [1.82, 2.24) is 0 Å². The Morgan fingerprint density at radius 1 is 0.427 bits per heavy atom. The molecule has 0 aliphatic heterocycles. The van der Waals surface area contributed by atoms with E-state index in [-0.39, 0.29) is 16.2 Å². The van der Waals surface area contributed by atoms with Crippen LogP contribution in [0.4, 0.5) is 28.4 Å². The van der Waals surface area contributed by atoms with Crippen molar-refractivity contribution in [3.8, 4) is 44.5 Å². The Morgan fingerprint density at radius 2 is 0.978 bits per heavy atom. The molecule has 0 bridgehead atoms. The summed E-state index contributed by atoms with van der Waals surface area (Å²) in [5, 5.41) is 4.73. The van der Waals surface area contributed by atoms with E-state index < -0.39 is 0 Å². The van der Waals surface area contributed by atoms with Crippen LogP contribution < -0.4 is 9.80 Å². The van der Waals surface area contributed by atoms with Gasteiger partial charge in [-0.1, -0.05) is 261 Å². The maximum Gasteiger partial charge on any atom is 0.0620 e. The maximum absolute atomic E-state index is 2.70. The number of hydrogen-bond acceptors (Lipinski definition) is 2. The molecule has 0 saturated heterocycles. The van der Waals surface area contributed by atoms with E-state index in [0.29, 0.717) is 11.8 Å². The summed E-state index contributed by atoms with van der Waals surface area (Å²) in [4.78, 5) is 5.34. The summed E-state index contributed by atoms with van der Waals surface area (Å²) >= 11 is 0. The molecule has 0 amide bonds. The van der Waals surface area contributed by atoms with Crippen LogP contribution in [0.2, 0.25) is 0 Å². The second kappa shape index (κ2) is 20.5. The third-order valence-corrected chi connectivity index (χ3v) is 21.3. The van der Waals surface area contributed by atoms with Crippen LogP contribution in [0.5, 0.6) is 0 Å². The van der Waals surface area contributed by atoms with Crippen molar-refractivity contribution in [2.75, 3.05) is 9.80 Å². The molecule has 0 N–H and O–H groups in total. The van der Waals surface area contributed by atoms with Crippen molar-refractivity contribution < 1.29 is 0 Å². The Labute approximate surface area is 526 Å². The average molecular weight is 1150 g/mol. The number of rotatable bonds is 10. The first kappa shape index (κ1) is 54.9. The molecule has 89 heavy (non-hydrogen) atoms. The Kier molecular flexibility index (Phi) is 12.7. The zero-order valence-electron chi connectivity index (χ0n) is 52.8. The quantitative estimate of drug-likeness (QED) is 0.0995. The molecule has 2 nitrogen and oxygen atoms in total. The smallest absolute Gasteiger partial charge is 0.0620 e. The number of benzene rings is 11. The molecule has 0 saturated carbocycles. The van der Waals surface area contributed by atoms with E-state index >= 15 is 0 Å². The highest BCUT2D eigenvalue weighted by molar-refractivity contribution is 6.24. The average Bonchev–Trinajstić information content (AvgIpc) is 1.64. The molecule has 1 unspecified atom stereocenters. The van der Waals surface area contributed by atoms with Gasteiger partial charge in [-0.2, -0.15) is 0 Å². The summed E-state index contributed by atoms with van der Waals surface area (Å²) in [6.07, 6.45) is 13.0. The van der Waals surface area contributed by atoms with Gasteiger partial charge < -0.3 is 9.80 Å². The van der Waals surface area contributed by atoms with Crippen LogP contribution >= 0.6 is 0 Å². The van der Waals surface area contributed by atoms with Gasteiger partial charge in [-0.25, -0.2) is 0 Å². The highest BCUT2D eigenvalue weighted by atomic mass is 15.2. The van der Waals surface area contributed by atoms with Crippen LogP contribution in [0.3, 0.4) is 0 Å². The standard InChI is InChI=1S/C87H76N2/c1-54(2)64-44-38-60(50-74(64)65-29-17-16-24-55(65)3)88(61-39-45-69-66-30-18-21-33-77(66)85(4,5)80(69)51-61)83-72-42-36-59(57-27-14-11-15-28-57)49-76(72)84(73-43-37-58(48-75(73)83)56-25-12-10-13-26-56)89(62-40-46-70-67-31-19-22-34-78(67)86(6,7)81(70)52-62)63-41-47-71-68-32-20-23-35-79(68)87(8,9)82(71)53-63/h10-22,24-34,36-45,47-54,70H,23,35,46H2,1-9H3. The Bertz CT molecular complexity index is 4880. The molecule has 0 aromatic heterocycles. The van der Waals surface area contributed by atoms with Gasteiger partial charge in [0.15, 0.2) is 0 Å². The monoisotopic (exact) mass is 1150 g/mol. The molecule has 0 spiro atoms. The lowest BCUT2D eigenvalue weighted by molar-refractivity contribution is 0.607. The van der Waals surface area contributed by atoms with E-state index in [1.54, 1.807) is 5.57 Å². The Balaban J connectivity index is 1.05. The molecule has 2 heteroatoms. The molecule has 0 heterocycles. The zero-order chi connectivity index (χ0) is 60.7. The molecule has 0 radical (unpaired) electrons. The van der Waals surface area contributed by atoms with Crippen molar-refractivity contribution in [2.24, 2.45) is 0 Å². The minimum Gasteiger partial charge on any atom is -0.310 e. The lowest BCUT2D eigenvalue weighted by Gasteiger charge is -2.36. The van der Waals surface area contributed by atoms with E-state index in [0.717, 1.165) is 36.3 Å². The fraction of sp³-hybridized carbons (Fsp3) is 0.195. The number of hydrogen-bond donors (Lipinski definition) is 0. The normalized spacial score (nSPS) is 17.0. The van der Waals surface area contributed by atoms with E-state index in [1.165, 1.54) is 139 Å². The molecule has 11 aromatic carbocycles. The predicted molar refractivity (Wildman–Crippen MR) is 379 cm³/mol. The molecule has 0 fully saturated rings. The highest BCUT2D eigenvalue weighted by Gasteiger charge is 2.44. The topological polar surface area (TPSA) is 6.48 Å². The second-order valence-electron chi connectivity index (χ2n) is 27.7. The minimum atomic E-state index is -0.229.